The second kappa shape index (κ2) is 5.75. The molecule has 15 heavy (non-hydrogen) atoms. The van der Waals surface area contributed by atoms with Crippen LogP contribution in [0.3, 0.4) is 0 Å². The van der Waals surface area contributed by atoms with E-state index in [-0.39, 0.29) is 23.4 Å². The van der Waals surface area contributed by atoms with Crippen LogP contribution in [0.15, 0.2) is 16.5 Å². The smallest absolute Gasteiger partial charge is 0.287 e. The van der Waals surface area contributed by atoms with Crippen molar-refractivity contribution in [2.24, 2.45) is 0 Å². The predicted molar refractivity (Wildman–Crippen MR) is 53.9 cm³/mol. The Balaban J connectivity index is 2.42. The van der Waals surface area contributed by atoms with Crippen LogP contribution in [0.5, 0.6) is 0 Å². The number of nitrogens with one attached hydrogen (secondary N) is 1. The Bertz CT molecular complexity index is 322. The summed E-state index contributed by atoms with van der Waals surface area (Å²) < 4.78 is 14.7. The van der Waals surface area contributed by atoms with Gasteiger partial charge in [-0.1, -0.05) is 0 Å². The quantitative estimate of drug-likeness (QED) is 0.779. The number of rotatable bonds is 5. The van der Waals surface area contributed by atoms with Gasteiger partial charge in [-0.3, -0.25) is 4.79 Å². The topological polar surface area (TPSA) is 60.7 Å². The summed E-state index contributed by atoms with van der Waals surface area (Å²) in [4.78, 5) is 11.4. The van der Waals surface area contributed by atoms with Crippen molar-refractivity contribution in [2.75, 3.05) is 20.8 Å². The van der Waals surface area contributed by atoms with Crippen molar-refractivity contribution in [1.29, 1.82) is 0 Å². The van der Waals surface area contributed by atoms with Crippen LogP contribution in [0.4, 0.5) is 0 Å². The molecule has 0 aliphatic carbocycles. The van der Waals surface area contributed by atoms with Crippen LogP contribution in [0, 0.1) is 0 Å². The molecule has 5 nitrogen and oxygen atoms in total. The summed E-state index contributed by atoms with van der Waals surface area (Å²) in [5.41, 5.74) is 0. The minimum absolute atomic E-state index is 0.158. The highest BCUT2D eigenvalue weighted by Crippen LogP contribution is 2.12. The van der Waals surface area contributed by atoms with E-state index in [0.717, 1.165) is 0 Å². The molecule has 1 rings (SSSR count). The second-order valence-electron chi connectivity index (χ2n) is 2.71. The van der Waals surface area contributed by atoms with E-state index in [9.17, 15) is 4.79 Å². The van der Waals surface area contributed by atoms with Crippen LogP contribution in [0.25, 0.3) is 0 Å². The number of amides is 1. The van der Waals surface area contributed by atoms with Crippen molar-refractivity contribution in [1.82, 2.24) is 5.32 Å². The molecule has 0 aromatic carbocycles. The Morgan fingerprint density at radius 1 is 1.53 bits per heavy atom. The summed E-state index contributed by atoms with van der Waals surface area (Å²) in [6.07, 6.45) is -0.473. The fraction of sp³-hybridized carbons (Fsp3) is 0.444. The first-order chi connectivity index (χ1) is 7.17. The standard InChI is InChI=1S/C9H12ClNO4/c1-13-8(14-2)5-11-9(12)6-3-4-7(10)15-6/h3-4,8H,5H2,1-2H3,(H,11,12). The molecular weight excluding hydrogens is 222 g/mol. The van der Waals surface area contributed by atoms with Crippen molar-refractivity contribution in [2.45, 2.75) is 6.29 Å². The van der Waals surface area contributed by atoms with Gasteiger partial charge in [0.2, 0.25) is 0 Å². The van der Waals surface area contributed by atoms with Crippen LogP contribution >= 0.6 is 11.6 Å². The molecule has 84 valence electrons. The van der Waals surface area contributed by atoms with Gasteiger partial charge in [0.05, 0.1) is 6.54 Å². The predicted octanol–water partition coefficient (Wildman–Crippen LogP) is 1.28. The van der Waals surface area contributed by atoms with E-state index in [4.69, 9.17) is 25.5 Å². The number of furan rings is 1. The first-order valence-corrected chi connectivity index (χ1v) is 4.64. The zero-order valence-corrected chi connectivity index (χ0v) is 9.21. The first-order valence-electron chi connectivity index (χ1n) is 4.26. The van der Waals surface area contributed by atoms with Crippen molar-refractivity contribution in [3.05, 3.63) is 23.1 Å². The van der Waals surface area contributed by atoms with Crippen LogP contribution < -0.4 is 5.32 Å². The lowest BCUT2D eigenvalue weighted by molar-refractivity contribution is -0.0975. The monoisotopic (exact) mass is 233 g/mol. The van der Waals surface area contributed by atoms with Crippen LogP contribution in [-0.2, 0) is 9.47 Å². The molecule has 0 aliphatic rings. The van der Waals surface area contributed by atoms with Gasteiger partial charge in [-0.2, -0.15) is 0 Å². The molecule has 0 atom stereocenters. The molecule has 0 aliphatic heterocycles. The minimum Gasteiger partial charge on any atom is -0.440 e. The number of hydrogen-bond donors (Lipinski definition) is 1. The number of carbonyl (C=O) groups excluding carboxylic acids is 1. The molecule has 6 heteroatoms. The molecule has 0 spiro atoms. The van der Waals surface area contributed by atoms with Crippen molar-refractivity contribution in [3.8, 4) is 0 Å². The van der Waals surface area contributed by atoms with Crippen LogP contribution in [0.1, 0.15) is 10.6 Å². The van der Waals surface area contributed by atoms with E-state index >= 15 is 0 Å². The highest BCUT2D eigenvalue weighted by Gasteiger charge is 2.12. The fourth-order valence-corrected chi connectivity index (χ4v) is 1.11. The third-order valence-corrected chi connectivity index (χ3v) is 1.96. The Labute approximate surface area is 92.3 Å². The summed E-state index contributed by atoms with van der Waals surface area (Å²) in [5, 5.41) is 2.75. The fourth-order valence-electron chi connectivity index (χ4n) is 0.962. The summed E-state index contributed by atoms with van der Waals surface area (Å²) in [6, 6.07) is 2.99. The largest absolute Gasteiger partial charge is 0.440 e. The maximum atomic E-state index is 11.4. The van der Waals surface area contributed by atoms with E-state index in [1.54, 1.807) is 0 Å². The Morgan fingerprint density at radius 2 is 2.20 bits per heavy atom. The Kier molecular flexibility index (Phi) is 4.61. The molecule has 0 unspecified atom stereocenters. The summed E-state index contributed by atoms with van der Waals surface area (Å²) in [6.45, 7) is 0.240. The van der Waals surface area contributed by atoms with Crippen molar-refractivity contribution in [3.63, 3.8) is 0 Å². The number of methoxy groups -OCH3 is 2. The van der Waals surface area contributed by atoms with E-state index < -0.39 is 6.29 Å². The van der Waals surface area contributed by atoms with Gasteiger partial charge in [0, 0.05) is 14.2 Å². The van der Waals surface area contributed by atoms with Crippen LogP contribution in [-0.4, -0.2) is 33.0 Å². The molecule has 0 radical (unpaired) electrons. The Hall–Kier alpha value is -1.04. The molecule has 1 amide bonds. The molecule has 0 bridgehead atoms. The Morgan fingerprint density at radius 3 is 2.67 bits per heavy atom. The van der Waals surface area contributed by atoms with Gasteiger partial charge in [-0.15, -0.1) is 0 Å². The van der Waals surface area contributed by atoms with Crippen molar-refractivity contribution >= 4 is 17.5 Å². The number of hydrogen-bond acceptors (Lipinski definition) is 4. The highest BCUT2D eigenvalue weighted by atomic mass is 35.5. The minimum atomic E-state index is -0.473. The molecule has 1 aromatic rings. The van der Waals surface area contributed by atoms with E-state index in [1.807, 2.05) is 0 Å². The molecule has 0 fully saturated rings. The van der Waals surface area contributed by atoms with Gasteiger partial charge in [-0.25, -0.2) is 0 Å². The normalized spacial score (nSPS) is 10.7. The molecule has 1 heterocycles. The van der Waals surface area contributed by atoms with Crippen molar-refractivity contribution < 1.29 is 18.7 Å². The highest BCUT2D eigenvalue weighted by molar-refractivity contribution is 6.29. The zero-order valence-electron chi connectivity index (χ0n) is 8.45. The zero-order chi connectivity index (χ0) is 11.3. The number of halogens is 1. The third kappa shape index (κ3) is 3.54. The lowest BCUT2D eigenvalue weighted by Crippen LogP contribution is -2.33. The summed E-state index contributed by atoms with van der Waals surface area (Å²) in [5.74, 6) is -0.202. The maximum absolute atomic E-state index is 11.4. The molecule has 0 saturated carbocycles. The molecule has 1 aromatic heterocycles. The maximum Gasteiger partial charge on any atom is 0.287 e. The average molecular weight is 234 g/mol. The lowest BCUT2D eigenvalue weighted by Gasteiger charge is -2.13. The summed E-state index contributed by atoms with van der Waals surface area (Å²) in [7, 11) is 2.98. The van der Waals surface area contributed by atoms with Gasteiger partial charge in [0.1, 0.15) is 0 Å². The molecule has 1 N–H and O–H groups in total. The second-order valence-corrected chi connectivity index (χ2v) is 3.09. The first kappa shape index (κ1) is 12.0. The van der Waals surface area contributed by atoms with Crippen LogP contribution in [0.2, 0.25) is 5.22 Å². The number of ether oxygens (including phenoxy) is 2. The van der Waals surface area contributed by atoms with Gasteiger partial charge in [0.15, 0.2) is 17.3 Å². The van der Waals surface area contributed by atoms with E-state index in [0.29, 0.717) is 0 Å². The number of carbonyl (C=O) groups is 1. The van der Waals surface area contributed by atoms with Gasteiger partial charge >= 0.3 is 0 Å². The third-order valence-electron chi connectivity index (χ3n) is 1.75. The van der Waals surface area contributed by atoms with E-state index in [1.165, 1.54) is 26.4 Å². The van der Waals surface area contributed by atoms with Gasteiger partial charge in [0.25, 0.3) is 5.91 Å². The van der Waals surface area contributed by atoms with Gasteiger partial charge < -0.3 is 19.2 Å². The SMILES string of the molecule is COC(CNC(=O)c1ccc(Cl)o1)OC. The molecular formula is C9H12ClNO4. The average Bonchev–Trinajstić information content (AvgIpc) is 2.66. The van der Waals surface area contributed by atoms with Gasteiger partial charge in [-0.05, 0) is 23.7 Å². The molecule has 0 saturated heterocycles. The lowest BCUT2D eigenvalue weighted by atomic mass is 10.4. The summed E-state index contributed by atoms with van der Waals surface area (Å²) >= 11 is 5.53. The van der Waals surface area contributed by atoms with E-state index in [2.05, 4.69) is 5.32 Å².